The van der Waals surface area contributed by atoms with Gasteiger partial charge in [0, 0.05) is 26.6 Å². The molecule has 0 unspecified atom stereocenters. The fourth-order valence-corrected chi connectivity index (χ4v) is 5.30. The average molecular weight is 517 g/mol. The minimum atomic E-state index is -0.134. The van der Waals surface area contributed by atoms with E-state index in [0.717, 1.165) is 38.6 Å². The van der Waals surface area contributed by atoms with Gasteiger partial charge in [-0.25, -0.2) is 9.97 Å². The first kappa shape index (κ1) is 23.4. The lowest BCUT2D eigenvalue weighted by Crippen LogP contribution is -2.13. The fourth-order valence-electron chi connectivity index (χ4n) is 3.65. The number of benzene rings is 3. The zero-order chi connectivity index (χ0) is 24.2. The molecule has 0 saturated carbocycles. The van der Waals surface area contributed by atoms with Gasteiger partial charge in [-0.1, -0.05) is 96.2 Å². The van der Waals surface area contributed by atoms with Gasteiger partial charge in [-0.05, 0) is 19.1 Å². The number of halogens is 1. The van der Waals surface area contributed by atoms with E-state index in [1.807, 2.05) is 91.9 Å². The highest BCUT2D eigenvalue weighted by molar-refractivity contribution is 7.99. The molecule has 1 amide bonds. The molecular formula is C27H21ClN4OS2. The molecule has 0 bridgehead atoms. The predicted molar refractivity (Wildman–Crippen MR) is 146 cm³/mol. The number of aromatic amines is 1. The van der Waals surface area contributed by atoms with E-state index in [1.54, 1.807) is 0 Å². The summed E-state index contributed by atoms with van der Waals surface area (Å²) in [5.41, 5.74) is 5.68. The normalized spacial score (nSPS) is 10.9. The Morgan fingerprint density at radius 3 is 2.20 bits per heavy atom. The third-order valence-corrected chi connectivity index (χ3v) is 7.30. The molecule has 8 heteroatoms. The van der Waals surface area contributed by atoms with Gasteiger partial charge >= 0.3 is 0 Å². The highest BCUT2D eigenvalue weighted by Gasteiger charge is 2.16. The summed E-state index contributed by atoms with van der Waals surface area (Å²) >= 11 is 8.81. The highest BCUT2D eigenvalue weighted by Crippen LogP contribution is 2.33. The van der Waals surface area contributed by atoms with Crippen molar-refractivity contribution in [2.45, 2.75) is 12.1 Å². The van der Waals surface area contributed by atoms with Crippen LogP contribution in [-0.4, -0.2) is 26.6 Å². The molecule has 0 saturated heterocycles. The number of aryl methyl sites for hydroxylation is 1. The summed E-state index contributed by atoms with van der Waals surface area (Å²) in [6.07, 6.45) is 0. The zero-order valence-electron chi connectivity index (χ0n) is 18.8. The Labute approximate surface area is 216 Å². The number of imidazole rings is 1. The number of thiazole rings is 1. The second-order valence-corrected chi connectivity index (χ2v) is 10.4. The molecule has 0 aliphatic carbocycles. The van der Waals surface area contributed by atoms with Gasteiger partial charge in [0.2, 0.25) is 5.91 Å². The molecular weight excluding hydrogens is 496 g/mol. The SMILES string of the molecule is Cc1sc(NC(=O)CSc2nc(-c3ccccc3)c(-c3ccccc3)[nH]2)nc1-c1ccc(Cl)cc1. The van der Waals surface area contributed by atoms with Gasteiger partial charge in [0.25, 0.3) is 0 Å². The number of hydrogen-bond donors (Lipinski definition) is 2. The lowest BCUT2D eigenvalue weighted by Gasteiger charge is -2.02. The molecule has 5 aromatic rings. The van der Waals surface area contributed by atoms with E-state index in [4.69, 9.17) is 16.6 Å². The van der Waals surface area contributed by atoms with Crippen molar-refractivity contribution >= 4 is 45.7 Å². The van der Waals surface area contributed by atoms with Crippen LogP contribution < -0.4 is 5.32 Å². The Balaban J connectivity index is 1.30. The third-order valence-electron chi connectivity index (χ3n) is 5.29. The zero-order valence-corrected chi connectivity index (χ0v) is 21.2. The molecule has 2 heterocycles. The van der Waals surface area contributed by atoms with Gasteiger partial charge in [-0.2, -0.15) is 0 Å². The maximum Gasteiger partial charge on any atom is 0.236 e. The van der Waals surface area contributed by atoms with Crippen molar-refractivity contribution in [1.82, 2.24) is 15.0 Å². The molecule has 0 aliphatic rings. The number of H-pyrrole nitrogens is 1. The number of aromatic nitrogens is 3. The molecule has 0 fully saturated rings. The van der Waals surface area contributed by atoms with Crippen LogP contribution in [-0.2, 0) is 4.79 Å². The number of thioether (sulfide) groups is 1. The first-order chi connectivity index (χ1) is 17.1. The van der Waals surface area contributed by atoms with Crippen LogP contribution in [0.3, 0.4) is 0 Å². The molecule has 0 spiro atoms. The summed E-state index contributed by atoms with van der Waals surface area (Å²) in [6.45, 7) is 1.99. The molecule has 5 rings (SSSR count). The predicted octanol–water partition coefficient (Wildman–Crippen LogP) is 7.56. The number of carbonyl (C=O) groups is 1. The number of nitrogens with one attached hydrogen (secondary N) is 2. The molecule has 2 aromatic heterocycles. The molecule has 3 aromatic carbocycles. The Hall–Kier alpha value is -3.39. The molecule has 5 nitrogen and oxygen atoms in total. The van der Waals surface area contributed by atoms with Crippen molar-refractivity contribution in [3.05, 3.63) is 94.8 Å². The minimum Gasteiger partial charge on any atom is -0.332 e. The van der Waals surface area contributed by atoms with Gasteiger partial charge in [0.1, 0.15) is 0 Å². The summed E-state index contributed by atoms with van der Waals surface area (Å²) in [5.74, 6) is 0.0792. The molecule has 174 valence electrons. The van der Waals surface area contributed by atoms with Crippen molar-refractivity contribution in [1.29, 1.82) is 0 Å². The lowest BCUT2D eigenvalue weighted by atomic mass is 10.1. The highest BCUT2D eigenvalue weighted by atomic mass is 35.5. The van der Waals surface area contributed by atoms with Crippen LogP contribution in [0, 0.1) is 6.92 Å². The van der Waals surface area contributed by atoms with Crippen molar-refractivity contribution < 1.29 is 4.79 Å². The Kier molecular flexibility index (Phi) is 6.99. The Bertz CT molecular complexity index is 1390. The second-order valence-electron chi connectivity index (χ2n) is 7.77. The van der Waals surface area contributed by atoms with E-state index in [0.29, 0.717) is 15.3 Å². The number of carbonyl (C=O) groups excluding carboxylic acids is 1. The second kappa shape index (κ2) is 10.5. The lowest BCUT2D eigenvalue weighted by molar-refractivity contribution is -0.113. The van der Waals surface area contributed by atoms with Crippen molar-refractivity contribution in [2.75, 3.05) is 11.1 Å². The Morgan fingerprint density at radius 2 is 1.51 bits per heavy atom. The maximum absolute atomic E-state index is 12.7. The van der Waals surface area contributed by atoms with Crippen LogP contribution >= 0.6 is 34.7 Å². The molecule has 0 atom stereocenters. The topological polar surface area (TPSA) is 70.7 Å². The Morgan fingerprint density at radius 1 is 0.886 bits per heavy atom. The third kappa shape index (κ3) is 5.48. The number of rotatable bonds is 7. The van der Waals surface area contributed by atoms with E-state index < -0.39 is 0 Å². The van der Waals surface area contributed by atoms with Gasteiger partial charge in [-0.3, -0.25) is 4.79 Å². The van der Waals surface area contributed by atoms with Crippen LogP contribution in [0.4, 0.5) is 5.13 Å². The van der Waals surface area contributed by atoms with Gasteiger partial charge in [-0.15, -0.1) is 11.3 Å². The van der Waals surface area contributed by atoms with Gasteiger partial charge in [0.15, 0.2) is 10.3 Å². The van der Waals surface area contributed by atoms with Gasteiger partial charge in [0.05, 0.1) is 22.8 Å². The van der Waals surface area contributed by atoms with Crippen molar-refractivity contribution in [2.24, 2.45) is 0 Å². The first-order valence-electron chi connectivity index (χ1n) is 10.9. The monoisotopic (exact) mass is 516 g/mol. The molecule has 35 heavy (non-hydrogen) atoms. The van der Waals surface area contributed by atoms with E-state index in [9.17, 15) is 4.79 Å². The number of hydrogen-bond acceptors (Lipinski definition) is 5. The van der Waals surface area contributed by atoms with Crippen LogP contribution in [0.25, 0.3) is 33.8 Å². The summed E-state index contributed by atoms with van der Waals surface area (Å²) < 4.78 is 0. The van der Waals surface area contributed by atoms with Crippen LogP contribution in [0.5, 0.6) is 0 Å². The van der Waals surface area contributed by atoms with Gasteiger partial charge < -0.3 is 10.3 Å². The van der Waals surface area contributed by atoms with Crippen LogP contribution in [0.15, 0.2) is 90.1 Å². The van der Waals surface area contributed by atoms with E-state index in [2.05, 4.69) is 15.3 Å². The number of amides is 1. The molecule has 2 N–H and O–H groups in total. The summed E-state index contributed by atoms with van der Waals surface area (Å²) in [5, 5.41) is 4.86. The maximum atomic E-state index is 12.7. The van der Waals surface area contributed by atoms with Crippen LogP contribution in [0.2, 0.25) is 5.02 Å². The summed E-state index contributed by atoms with van der Waals surface area (Å²) in [7, 11) is 0. The first-order valence-corrected chi connectivity index (χ1v) is 13.1. The number of anilines is 1. The minimum absolute atomic E-state index is 0.134. The summed E-state index contributed by atoms with van der Waals surface area (Å²) in [4.78, 5) is 26.5. The molecule has 0 radical (unpaired) electrons. The van der Waals surface area contributed by atoms with E-state index >= 15 is 0 Å². The fraction of sp³-hybridized carbons (Fsp3) is 0.0741. The van der Waals surface area contributed by atoms with Crippen molar-refractivity contribution in [3.63, 3.8) is 0 Å². The largest absolute Gasteiger partial charge is 0.332 e. The average Bonchev–Trinajstić information content (AvgIpc) is 3.48. The number of nitrogens with zero attached hydrogens (tertiary/aromatic N) is 2. The van der Waals surface area contributed by atoms with E-state index in [-0.39, 0.29) is 11.7 Å². The quantitative estimate of drug-likeness (QED) is 0.219. The molecule has 0 aliphatic heterocycles. The summed E-state index contributed by atoms with van der Waals surface area (Å²) in [6, 6.07) is 27.6. The van der Waals surface area contributed by atoms with Crippen molar-refractivity contribution in [3.8, 4) is 33.8 Å². The smallest absolute Gasteiger partial charge is 0.236 e. The van der Waals surface area contributed by atoms with Crippen LogP contribution in [0.1, 0.15) is 4.88 Å². The van der Waals surface area contributed by atoms with E-state index in [1.165, 1.54) is 23.1 Å². The standard InChI is InChI=1S/C27H21ClN4OS2/c1-17-23(20-12-14-21(28)15-13-20)30-27(35-17)29-22(33)16-34-26-31-24(18-8-4-2-5-9-18)25(32-26)19-10-6-3-7-11-19/h2-15H,16H2,1H3,(H,31,32)(H,29,30,33).